The van der Waals surface area contributed by atoms with Crippen LogP contribution in [0.25, 0.3) is 0 Å². The van der Waals surface area contributed by atoms with E-state index in [1.807, 2.05) is 0 Å². The molecule has 0 saturated heterocycles. The lowest BCUT2D eigenvalue weighted by Crippen LogP contribution is -2.59. The maximum Gasteiger partial charge on any atom is 0.134 e. The molecule has 2 fully saturated rings. The number of benzene rings is 1. The molecule has 1 aromatic rings. The third-order valence-electron chi connectivity index (χ3n) is 4.94. The van der Waals surface area contributed by atoms with E-state index in [0.717, 1.165) is 12.8 Å². The third kappa shape index (κ3) is 2.48. The van der Waals surface area contributed by atoms with E-state index >= 15 is 0 Å². The van der Waals surface area contributed by atoms with Gasteiger partial charge in [0.05, 0.1) is 10.6 Å². The van der Waals surface area contributed by atoms with Crippen LogP contribution >= 0.6 is 15.9 Å². The van der Waals surface area contributed by atoms with E-state index in [4.69, 9.17) is 4.74 Å². The largest absolute Gasteiger partial charge is 0.488 e. The zero-order valence-corrected chi connectivity index (χ0v) is 13.0. The van der Waals surface area contributed by atoms with Crippen LogP contribution in [0.3, 0.4) is 0 Å². The molecule has 2 atom stereocenters. The number of rotatable bonds is 2. The van der Waals surface area contributed by atoms with Gasteiger partial charge in [0.25, 0.3) is 0 Å². The average Bonchev–Trinajstić information content (AvgIpc) is 2.69. The summed E-state index contributed by atoms with van der Waals surface area (Å²) < 4.78 is 19.8. The van der Waals surface area contributed by atoms with Crippen LogP contribution in [0.1, 0.15) is 44.9 Å². The Balaban J connectivity index is 1.76. The Morgan fingerprint density at radius 2 is 1.90 bits per heavy atom. The van der Waals surface area contributed by atoms with Gasteiger partial charge in [-0.05, 0) is 47.0 Å². The quantitative estimate of drug-likeness (QED) is 0.860. The first-order valence-electron chi connectivity index (χ1n) is 7.41. The fourth-order valence-electron chi connectivity index (χ4n) is 3.66. The van der Waals surface area contributed by atoms with Crippen LogP contribution < -0.4 is 4.74 Å². The average molecular weight is 343 g/mol. The summed E-state index contributed by atoms with van der Waals surface area (Å²) in [6.45, 7) is 0. The number of hydrogen-bond acceptors (Lipinski definition) is 2. The first-order chi connectivity index (χ1) is 9.62. The highest BCUT2D eigenvalue weighted by molar-refractivity contribution is 9.10. The molecule has 2 aliphatic rings. The molecule has 0 bridgehead atoms. The molecular formula is C16H20BrFO2. The first-order valence-corrected chi connectivity index (χ1v) is 8.21. The molecule has 0 aromatic heterocycles. The van der Waals surface area contributed by atoms with Gasteiger partial charge in [-0.15, -0.1) is 0 Å². The van der Waals surface area contributed by atoms with Crippen LogP contribution in [0.15, 0.2) is 22.7 Å². The topological polar surface area (TPSA) is 29.5 Å². The summed E-state index contributed by atoms with van der Waals surface area (Å²) in [4.78, 5) is 0. The van der Waals surface area contributed by atoms with Gasteiger partial charge in [0, 0.05) is 11.8 Å². The van der Waals surface area contributed by atoms with Crippen molar-refractivity contribution >= 4 is 15.9 Å². The Bertz CT molecular complexity index is 483. The SMILES string of the molecule is OC1CC(Oc2ccc(F)cc2Br)C12CCCCCC2. The minimum atomic E-state index is -0.276. The maximum absolute atomic E-state index is 13.1. The zero-order valence-electron chi connectivity index (χ0n) is 11.4. The van der Waals surface area contributed by atoms with E-state index in [1.54, 1.807) is 6.07 Å². The molecule has 4 heteroatoms. The number of aliphatic hydroxyl groups excluding tert-OH is 1. The van der Waals surface area contributed by atoms with Crippen LogP contribution in [-0.2, 0) is 0 Å². The predicted molar refractivity (Wildman–Crippen MR) is 79.3 cm³/mol. The van der Waals surface area contributed by atoms with Crippen molar-refractivity contribution in [3.8, 4) is 5.75 Å². The van der Waals surface area contributed by atoms with Crippen molar-refractivity contribution in [1.82, 2.24) is 0 Å². The van der Waals surface area contributed by atoms with Gasteiger partial charge in [-0.1, -0.05) is 25.7 Å². The summed E-state index contributed by atoms with van der Waals surface area (Å²) in [7, 11) is 0. The van der Waals surface area contributed by atoms with Crippen molar-refractivity contribution in [1.29, 1.82) is 0 Å². The molecule has 2 unspecified atom stereocenters. The van der Waals surface area contributed by atoms with Crippen LogP contribution in [0, 0.1) is 11.2 Å². The van der Waals surface area contributed by atoms with Crippen molar-refractivity contribution in [2.24, 2.45) is 5.41 Å². The summed E-state index contributed by atoms with van der Waals surface area (Å²) in [5.41, 5.74) is -0.0790. The van der Waals surface area contributed by atoms with Gasteiger partial charge >= 0.3 is 0 Å². The smallest absolute Gasteiger partial charge is 0.134 e. The Morgan fingerprint density at radius 3 is 2.50 bits per heavy atom. The summed E-state index contributed by atoms with van der Waals surface area (Å²) in [6, 6.07) is 4.49. The lowest BCUT2D eigenvalue weighted by Gasteiger charge is -2.53. The number of hydrogen-bond donors (Lipinski definition) is 1. The van der Waals surface area contributed by atoms with Crippen molar-refractivity contribution in [2.75, 3.05) is 0 Å². The van der Waals surface area contributed by atoms with E-state index in [1.165, 1.54) is 37.8 Å². The van der Waals surface area contributed by atoms with E-state index < -0.39 is 0 Å². The molecule has 1 spiro atoms. The van der Waals surface area contributed by atoms with Crippen LogP contribution in [-0.4, -0.2) is 17.3 Å². The van der Waals surface area contributed by atoms with E-state index in [0.29, 0.717) is 16.6 Å². The summed E-state index contributed by atoms with van der Waals surface area (Å²) in [5, 5.41) is 10.3. The van der Waals surface area contributed by atoms with E-state index in [9.17, 15) is 9.50 Å². The minimum Gasteiger partial charge on any atom is -0.488 e. The minimum absolute atomic E-state index is 0.0531. The van der Waals surface area contributed by atoms with Gasteiger partial charge in [-0.25, -0.2) is 4.39 Å². The number of aliphatic hydroxyl groups is 1. The van der Waals surface area contributed by atoms with Gasteiger partial charge in [-0.3, -0.25) is 0 Å². The zero-order chi connectivity index (χ0) is 14.2. The molecule has 1 aromatic carbocycles. The summed E-state index contributed by atoms with van der Waals surface area (Å²) in [5.74, 6) is 0.397. The molecule has 2 aliphatic carbocycles. The molecule has 2 saturated carbocycles. The predicted octanol–water partition coefficient (Wildman–Crippen LogP) is 4.44. The maximum atomic E-state index is 13.1. The second-order valence-corrected chi connectivity index (χ2v) is 6.93. The van der Waals surface area contributed by atoms with Crippen molar-refractivity contribution in [3.63, 3.8) is 0 Å². The Morgan fingerprint density at radius 1 is 1.20 bits per heavy atom. The number of halogens is 2. The molecule has 0 heterocycles. The molecule has 110 valence electrons. The molecule has 0 amide bonds. The standard InChI is InChI=1S/C16H20BrFO2/c17-12-9-11(18)5-6-13(12)20-15-10-14(19)16(15)7-3-1-2-4-8-16/h5-6,9,14-15,19H,1-4,7-8,10H2. The highest BCUT2D eigenvalue weighted by Gasteiger charge is 2.55. The Labute approximate surface area is 127 Å². The molecular weight excluding hydrogens is 323 g/mol. The molecule has 20 heavy (non-hydrogen) atoms. The monoisotopic (exact) mass is 342 g/mol. The van der Waals surface area contributed by atoms with Gasteiger partial charge in [-0.2, -0.15) is 0 Å². The van der Waals surface area contributed by atoms with Gasteiger partial charge in [0.15, 0.2) is 0 Å². The lowest BCUT2D eigenvalue weighted by molar-refractivity contribution is -0.163. The molecule has 0 radical (unpaired) electrons. The fraction of sp³-hybridized carbons (Fsp3) is 0.625. The summed E-state index contributed by atoms with van der Waals surface area (Å²) in [6.07, 6.45) is 7.41. The third-order valence-corrected chi connectivity index (χ3v) is 5.56. The molecule has 3 rings (SSSR count). The molecule has 1 N–H and O–H groups in total. The molecule has 2 nitrogen and oxygen atoms in total. The van der Waals surface area contributed by atoms with Crippen LogP contribution in [0.2, 0.25) is 0 Å². The second-order valence-electron chi connectivity index (χ2n) is 6.08. The van der Waals surface area contributed by atoms with Gasteiger partial charge in [0.2, 0.25) is 0 Å². The highest BCUT2D eigenvalue weighted by Crippen LogP contribution is 2.52. The van der Waals surface area contributed by atoms with E-state index in [2.05, 4.69) is 15.9 Å². The van der Waals surface area contributed by atoms with E-state index in [-0.39, 0.29) is 23.4 Å². The molecule has 0 aliphatic heterocycles. The lowest BCUT2D eigenvalue weighted by atomic mass is 9.59. The van der Waals surface area contributed by atoms with Crippen molar-refractivity contribution < 1.29 is 14.2 Å². The summed E-state index contributed by atoms with van der Waals surface area (Å²) >= 11 is 3.34. The second kappa shape index (κ2) is 5.64. The van der Waals surface area contributed by atoms with Gasteiger partial charge in [0.1, 0.15) is 17.7 Å². The Hall–Kier alpha value is -0.610. The number of ether oxygens (including phenoxy) is 1. The van der Waals surface area contributed by atoms with Crippen molar-refractivity contribution in [3.05, 3.63) is 28.5 Å². The van der Waals surface area contributed by atoms with Gasteiger partial charge < -0.3 is 9.84 Å². The first kappa shape index (κ1) is 14.3. The highest BCUT2D eigenvalue weighted by atomic mass is 79.9. The van der Waals surface area contributed by atoms with Crippen molar-refractivity contribution in [2.45, 2.75) is 57.2 Å². The van der Waals surface area contributed by atoms with Crippen LogP contribution in [0.5, 0.6) is 5.75 Å². The normalized spacial score (nSPS) is 28.8. The Kier molecular flexibility index (Phi) is 4.04. The van der Waals surface area contributed by atoms with Crippen LogP contribution in [0.4, 0.5) is 4.39 Å². The fourth-order valence-corrected chi connectivity index (χ4v) is 4.10.